The lowest BCUT2D eigenvalue weighted by atomic mass is 10.3. The quantitative estimate of drug-likeness (QED) is 0.534. The van der Waals surface area contributed by atoms with Crippen LogP contribution in [0.5, 0.6) is 0 Å². The van der Waals surface area contributed by atoms with E-state index in [1.54, 1.807) is 23.4 Å². The summed E-state index contributed by atoms with van der Waals surface area (Å²) in [5, 5.41) is 4.05. The summed E-state index contributed by atoms with van der Waals surface area (Å²) in [7, 11) is -3.83. The number of amides is 1. The van der Waals surface area contributed by atoms with Crippen molar-refractivity contribution in [1.29, 1.82) is 0 Å². The molecule has 152 valence electrons. The SMILES string of the molecule is O=C1[C@@H](NS(=O)(=O)c2cc3c(Cl)nccc3s2)CCN1CCNc1ccncc1. The van der Waals surface area contributed by atoms with Gasteiger partial charge in [-0.25, -0.2) is 13.4 Å². The molecular weight excluding hydrogens is 434 g/mol. The molecule has 0 bridgehead atoms. The van der Waals surface area contributed by atoms with Crippen LogP contribution in [0.15, 0.2) is 47.1 Å². The Labute approximate surface area is 177 Å². The highest BCUT2D eigenvalue weighted by Crippen LogP contribution is 2.32. The van der Waals surface area contributed by atoms with Crippen molar-refractivity contribution in [1.82, 2.24) is 19.6 Å². The molecule has 0 saturated carbocycles. The second kappa shape index (κ2) is 8.23. The van der Waals surface area contributed by atoms with Gasteiger partial charge in [-0.15, -0.1) is 11.3 Å². The average molecular weight is 452 g/mol. The van der Waals surface area contributed by atoms with E-state index in [0.29, 0.717) is 31.4 Å². The van der Waals surface area contributed by atoms with Crippen molar-refractivity contribution >= 4 is 54.6 Å². The molecule has 3 aromatic heterocycles. The molecule has 29 heavy (non-hydrogen) atoms. The maximum Gasteiger partial charge on any atom is 0.250 e. The van der Waals surface area contributed by atoms with Crippen molar-refractivity contribution in [2.75, 3.05) is 25.0 Å². The zero-order chi connectivity index (χ0) is 20.4. The van der Waals surface area contributed by atoms with Crippen LogP contribution >= 0.6 is 22.9 Å². The van der Waals surface area contributed by atoms with Crippen LogP contribution in [-0.4, -0.2) is 54.9 Å². The fourth-order valence-corrected chi connectivity index (χ4v) is 6.05. The monoisotopic (exact) mass is 451 g/mol. The van der Waals surface area contributed by atoms with Crippen molar-refractivity contribution in [2.45, 2.75) is 16.7 Å². The van der Waals surface area contributed by atoms with E-state index in [4.69, 9.17) is 11.6 Å². The predicted molar refractivity (Wildman–Crippen MR) is 113 cm³/mol. The second-order valence-electron chi connectivity index (χ2n) is 6.53. The average Bonchev–Trinajstić information content (AvgIpc) is 3.29. The third-order valence-corrected chi connectivity index (χ3v) is 7.97. The van der Waals surface area contributed by atoms with Crippen LogP contribution < -0.4 is 10.0 Å². The molecule has 0 unspecified atom stereocenters. The van der Waals surface area contributed by atoms with Crippen molar-refractivity contribution in [3.63, 3.8) is 0 Å². The number of fused-ring (bicyclic) bond motifs is 1. The van der Waals surface area contributed by atoms with E-state index in [2.05, 4.69) is 20.0 Å². The molecule has 1 aliphatic rings. The number of anilines is 1. The first-order chi connectivity index (χ1) is 13.9. The first-order valence-corrected chi connectivity index (χ1v) is 11.6. The number of pyridine rings is 2. The summed E-state index contributed by atoms with van der Waals surface area (Å²) in [6.07, 6.45) is 5.33. The molecule has 0 aromatic carbocycles. The van der Waals surface area contributed by atoms with Crippen LogP contribution in [0.2, 0.25) is 5.15 Å². The number of nitrogens with one attached hydrogen (secondary N) is 2. The summed E-state index contributed by atoms with van der Waals surface area (Å²) in [6.45, 7) is 1.56. The van der Waals surface area contributed by atoms with Gasteiger partial charge in [0, 0.05) is 54.0 Å². The number of rotatable bonds is 7. The Kier molecular flexibility index (Phi) is 5.68. The van der Waals surface area contributed by atoms with E-state index in [0.717, 1.165) is 21.7 Å². The second-order valence-corrected chi connectivity index (χ2v) is 9.91. The lowest BCUT2D eigenvalue weighted by Crippen LogP contribution is -2.42. The van der Waals surface area contributed by atoms with E-state index in [9.17, 15) is 13.2 Å². The summed E-state index contributed by atoms with van der Waals surface area (Å²) < 4.78 is 28.9. The van der Waals surface area contributed by atoms with Crippen LogP contribution in [0.1, 0.15) is 6.42 Å². The van der Waals surface area contributed by atoms with Gasteiger partial charge in [0.2, 0.25) is 5.91 Å². The highest BCUT2D eigenvalue weighted by molar-refractivity contribution is 7.91. The van der Waals surface area contributed by atoms with Crippen LogP contribution in [0, 0.1) is 0 Å². The highest BCUT2D eigenvalue weighted by atomic mass is 35.5. The van der Waals surface area contributed by atoms with E-state index < -0.39 is 16.1 Å². The topological polar surface area (TPSA) is 104 Å². The van der Waals surface area contributed by atoms with Gasteiger partial charge in [-0.05, 0) is 30.7 Å². The Bertz CT molecular complexity index is 1140. The van der Waals surface area contributed by atoms with E-state index in [1.807, 2.05) is 12.1 Å². The number of sulfonamides is 1. The Morgan fingerprint density at radius 1 is 1.24 bits per heavy atom. The highest BCUT2D eigenvalue weighted by Gasteiger charge is 2.35. The molecule has 1 aliphatic heterocycles. The number of halogens is 1. The number of carbonyl (C=O) groups is 1. The standard InChI is InChI=1S/C18H18ClN5O3S2/c19-17-13-11-16(28-15(13)3-7-22-17)29(26,27)23-14-4-9-24(18(14)25)10-8-21-12-1-5-20-6-2-12/h1-3,5-7,11,14,23H,4,8-10H2,(H,20,21)/t14-/m0/s1. The van der Waals surface area contributed by atoms with Gasteiger partial charge >= 0.3 is 0 Å². The van der Waals surface area contributed by atoms with Crippen LogP contribution in [0.4, 0.5) is 5.69 Å². The Morgan fingerprint density at radius 2 is 2.03 bits per heavy atom. The fourth-order valence-electron chi connectivity index (χ4n) is 3.16. The minimum Gasteiger partial charge on any atom is -0.383 e. The summed E-state index contributed by atoms with van der Waals surface area (Å²) >= 11 is 7.14. The number of likely N-dealkylation sites (tertiary alicyclic amines) is 1. The van der Waals surface area contributed by atoms with Gasteiger partial charge in [0.15, 0.2) is 0 Å². The van der Waals surface area contributed by atoms with Crippen molar-refractivity contribution < 1.29 is 13.2 Å². The Hall–Kier alpha value is -2.27. The third-order valence-electron chi connectivity index (χ3n) is 4.63. The number of carbonyl (C=O) groups excluding carboxylic acids is 1. The number of hydrogen-bond acceptors (Lipinski definition) is 7. The van der Waals surface area contributed by atoms with Crippen molar-refractivity contribution in [2.24, 2.45) is 0 Å². The summed E-state index contributed by atoms with van der Waals surface area (Å²) in [6, 6.07) is 6.13. The molecule has 11 heteroatoms. The lowest BCUT2D eigenvalue weighted by molar-refractivity contribution is -0.128. The first-order valence-electron chi connectivity index (χ1n) is 8.93. The lowest BCUT2D eigenvalue weighted by Gasteiger charge is -2.17. The molecule has 2 N–H and O–H groups in total. The molecule has 8 nitrogen and oxygen atoms in total. The number of thiophene rings is 1. The maximum atomic E-state index is 12.8. The smallest absolute Gasteiger partial charge is 0.250 e. The van der Waals surface area contributed by atoms with Gasteiger partial charge in [-0.1, -0.05) is 11.6 Å². The molecule has 0 radical (unpaired) electrons. The zero-order valence-corrected chi connectivity index (χ0v) is 17.6. The normalized spacial score (nSPS) is 17.2. The van der Waals surface area contributed by atoms with Crippen LogP contribution in [0.25, 0.3) is 10.1 Å². The summed E-state index contributed by atoms with van der Waals surface area (Å²) in [5.74, 6) is -0.217. The third kappa shape index (κ3) is 4.35. The van der Waals surface area contributed by atoms with E-state index >= 15 is 0 Å². The molecular formula is C18H18ClN5O3S2. The number of nitrogens with zero attached hydrogens (tertiary/aromatic N) is 3. The minimum absolute atomic E-state index is 0.119. The van der Waals surface area contributed by atoms with Crippen molar-refractivity contribution in [3.05, 3.63) is 48.0 Å². The molecule has 1 saturated heterocycles. The van der Waals surface area contributed by atoms with E-state index in [1.165, 1.54) is 12.3 Å². The maximum absolute atomic E-state index is 12.8. The molecule has 1 amide bonds. The molecule has 3 aromatic rings. The largest absolute Gasteiger partial charge is 0.383 e. The van der Waals surface area contributed by atoms with Gasteiger partial charge in [-0.3, -0.25) is 9.78 Å². The van der Waals surface area contributed by atoms with E-state index in [-0.39, 0.29) is 15.3 Å². The molecule has 1 atom stereocenters. The zero-order valence-electron chi connectivity index (χ0n) is 15.2. The Morgan fingerprint density at radius 3 is 2.79 bits per heavy atom. The van der Waals surface area contributed by atoms with Gasteiger partial charge in [-0.2, -0.15) is 4.72 Å². The molecule has 4 heterocycles. The van der Waals surface area contributed by atoms with Crippen LogP contribution in [-0.2, 0) is 14.8 Å². The molecule has 4 rings (SSSR count). The van der Waals surface area contributed by atoms with Gasteiger partial charge in [0.1, 0.15) is 15.4 Å². The fraction of sp³-hybridized carbons (Fsp3) is 0.278. The van der Waals surface area contributed by atoms with Gasteiger partial charge in [0.05, 0.1) is 0 Å². The first kappa shape index (κ1) is 20.0. The predicted octanol–water partition coefficient (Wildman–Crippen LogP) is 2.34. The van der Waals surface area contributed by atoms with Gasteiger partial charge in [0.25, 0.3) is 10.0 Å². The molecule has 0 aliphatic carbocycles. The molecule has 1 fully saturated rings. The molecule has 0 spiro atoms. The summed E-state index contributed by atoms with van der Waals surface area (Å²) in [4.78, 5) is 22.2. The number of hydrogen-bond donors (Lipinski definition) is 2. The number of aromatic nitrogens is 2. The van der Waals surface area contributed by atoms with Crippen molar-refractivity contribution in [3.8, 4) is 0 Å². The Balaban J connectivity index is 1.38. The van der Waals surface area contributed by atoms with Crippen LogP contribution in [0.3, 0.4) is 0 Å². The van der Waals surface area contributed by atoms with Gasteiger partial charge < -0.3 is 10.2 Å². The minimum atomic E-state index is -3.83. The summed E-state index contributed by atoms with van der Waals surface area (Å²) in [5.41, 5.74) is 0.918.